The molecule has 0 heterocycles. The van der Waals surface area contributed by atoms with Crippen LogP contribution in [0, 0.1) is 0 Å². The van der Waals surface area contributed by atoms with Gasteiger partial charge in [-0.1, -0.05) is 48.6 Å². The molecule has 2 rings (SSSR count). The molecule has 0 unspecified atom stereocenters. The molecule has 96 valence electrons. The maximum atomic E-state index is 9.32. The Hall–Kier alpha value is -2.48. The van der Waals surface area contributed by atoms with Crippen LogP contribution in [0.5, 0.6) is 11.5 Å². The number of hydrogen-bond donors (Lipinski definition) is 2. The fourth-order valence-corrected chi connectivity index (χ4v) is 1.74. The topological polar surface area (TPSA) is 40.5 Å². The fourth-order valence-electron chi connectivity index (χ4n) is 1.74. The second-order valence-corrected chi connectivity index (χ2v) is 4.23. The molecule has 0 fully saturated rings. The molecule has 2 N–H and O–H groups in total. The van der Waals surface area contributed by atoms with Gasteiger partial charge < -0.3 is 10.2 Å². The Morgan fingerprint density at radius 2 is 1.21 bits per heavy atom. The Bertz CT molecular complexity index is 544. The number of phenolic OH excluding ortho intramolecular Hbond substituents is 2. The zero-order valence-corrected chi connectivity index (χ0v) is 10.5. The normalized spacial score (nSPS) is 11.4. The van der Waals surface area contributed by atoms with Crippen molar-refractivity contribution >= 4 is 12.2 Å². The molecule has 0 spiro atoms. The summed E-state index contributed by atoms with van der Waals surface area (Å²) in [5.41, 5.74) is 1.96. The zero-order chi connectivity index (χ0) is 13.5. The number of allylic oxidation sites excluding steroid dienone is 2. The smallest absolute Gasteiger partial charge is 0.116 e. The molecule has 0 saturated carbocycles. The molecule has 2 aromatic carbocycles. The van der Waals surface area contributed by atoms with Crippen molar-refractivity contribution in [1.82, 2.24) is 0 Å². The Labute approximate surface area is 113 Å². The summed E-state index contributed by atoms with van der Waals surface area (Å²) in [7, 11) is 0. The average Bonchev–Trinajstić information content (AvgIpc) is 2.38. The molecule has 0 saturated heterocycles. The van der Waals surface area contributed by atoms with E-state index in [2.05, 4.69) is 0 Å². The van der Waals surface area contributed by atoms with E-state index >= 15 is 0 Å². The quantitative estimate of drug-likeness (QED) is 0.855. The van der Waals surface area contributed by atoms with Gasteiger partial charge in [0.1, 0.15) is 11.5 Å². The SMILES string of the molecule is Oc1cccc(C=CCC=Cc2cccc(O)c2)c1. The number of hydrogen-bond acceptors (Lipinski definition) is 2. The van der Waals surface area contributed by atoms with Crippen molar-refractivity contribution in [2.75, 3.05) is 0 Å². The van der Waals surface area contributed by atoms with E-state index in [-0.39, 0.29) is 11.5 Å². The van der Waals surface area contributed by atoms with Gasteiger partial charge in [-0.2, -0.15) is 0 Å². The maximum Gasteiger partial charge on any atom is 0.116 e. The maximum absolute atomic E-state index is 9.32. The van der Waals surface area contributed by atoms with E-state index in [4.69, 9.17) is 0 Å². The molecule has 0 aliphatic heterocycles. The lowest BCUT2D eigenvalue weighted by Gasteiger charge is -1.95. The van der Waals surface area contributed by atoms with E-state index < -0.39 is 0 Å². The largest absolute Gasteiger partial charge is 0.508 e. The fraction of sp³-hybridized carbons (Fsp3) is 0.0588. The lowest BCUT2D eigenvalue weighted by Crippen LogP contribution is -1.71. The van der Waals surface area contributed by atoms with Crippen LogP contribution in [-0.2, 0) is 0 Å². The minimum absolute atomic E-state index is 0.275. The number of aromatic hydroxyl groups is 2. The van der Waals surface area contributed by atoms with Gasteiger partial charge in [0.05, 0.1) is 0 Å². The van der Waals surface area contributed by atoms with Crippen molar-refractivity contribution in [2.24, 2.45) is 0 Å². The number of phenols is 2. The molecule has 0 atom stereocenters. The van der Waals surface area contributed by atoms with Crippen molar-refractivity contribution in [3.8, 4) is 11.5 Å². The molecule has 2 heteroatoms. The van der Waals surface area contributed by atoms with Crippen molar-refractivity contribution in [2.45, 2.75) is 6.42 Å². The summed E-state index contributed by atoms with van der Waals surface area (Å²) in [6, 6.07) is 14.3. The van der Waals surface area contributed by atoms with Crippen LogP contribution in [0.4, 0.5) is 0 Å². The molecule has 0 radical (unpaired) electrons. The van der Waals surface area contributed by atoms with Gasteiger partial charge in [-0.3, -0.25) is 0 Å². The highest BCUT2D eigenvalue weighted by Crippen LogP contribution is 2.14. The Balaban J connectivity index is 1.90. The Kier molecular flexibility index (Phi) is 4.40. The van der Waals surface area contributed by atoms with E-state index in [1.807, 2.05) is 48.6 Å². The van der Waals surface area contributed by atoms with Gasteiger partial charge >= 0.3 is 0 Å². The van der Waals surface area contributed by atoms with Crippen LogP contribution in [-0.4, -0.2) is 10.2 Å². The lowest BCUT2D eigenvalue weighted by atomic mass is 10.1. The van der Waals surface area contributed by atoms with Crippen LogP contribution in [0.25, 0.3) is 12.2 Å². The molecular formula is C17H16O2. The van der Waals surface area contributed by atoms with E-state index in [9.17, 15) is 10.2 Å². The highest BCUT2D eigenvalue weighted by molar-refractivity contribution is 5.54. The van der Waals surface area contributed by atoms with Crippen LogP contribution in [0.15, 0.2) is 60.7 Å². The summed E-state index contributed by atoms with van der Waals surface area (Å²) >= 11 is 0. The van der Waals surface area contributed by atoms with E-state index in [0.717, 1.165) is 17.5 Å². The van der Waals surface area contributed by atoms with Gasteiger partial charge in [0.2, 0.25) is 0 Å². The van der Waals surface area contributed by atoms with Gasteiger partial charge in [0.15, 0.2) is 0 Å². The van der Waals surface area contributed by atoms with E-state index in [1.54, 1.807) is 24.3 Å². The van der Waals surface area contributed by atoms with Crippen LogP contribution in [0.1, 0.15) is 17.5 Å². The summed E-state index contributed by atoms with van der Waals surface area (Å²) in [6.45, 7) is 0. The summed E-state index contributed by atoms with van der Waals surface area (Å²) in [5, 5.41) is 18.6. The van der Waals surface area contributed by atoms with Crippen LogP contribution in [0.2, 0.25) is 0 Å². The van der Waals surface area contributed by atoms with Gasteiger partial charge in [-0.15, -0.1) is 0 Å². The van der Waals surface area contributed by atoms with Crippen LogP contribution < -0.4 is 0 Å². The van der Waals surface area contributed by atoms with Gasteiger partial charge in [-0.05, 0) is 41.8 Å². The third-order valence-electron chi connectivity index (χ3n) is 2.63. The highest BCUT2D eigenvalue weighted by atomic mass is 16.3. The first kappa shape index (κ1) is 13.0. The molecule has 0 aliphatic carbocycles. The van der Waals surface area contributed by atoms with Crippen LogP contribution in [0.3, 0.4) is 0 Å². The highest BCUT2D eigenvalue weighted by Gasteiger charge is 1.89. The first-order chi connectivity index (χ1) is 9.24. The summed E-state index contributed by atoms with van der Waals surface area (Å²) < 4.78 is 0. The first-order valence-electron chi connectivity index (χ1n) is 6.15. The van der Waals surface area contributed by atoms with E-state index in [1.165, 1.54) is 0 Å². The minimum Gasteiger partial charge on any atom is -0.508 e. The standard InChI is InChI=1S/C17H16O2/c18-16-10-4-8-14(12-16)6-2-1-3-7-15-9-5-11-17(19)13-15/h2-13,18-19H,1H2. The van der Waals surface area contributed by atoms with Gasteiger partial charge in [0.25, 0.3) is 0 Å². The van der Waals surface area contributed by atoms with Gasteiger partial charge in [0, 0.05) is 0 Å². The molecule has 2 aromatic rings. The minimum atomic E-state index is 0.275. The predicted octanol–water partition coefficient (Wildman–Crippen LogP) is 4.21. The second kappa shape index (κ2) is 6.45. The predicted molar refractivity (Wildman–Crippen MR) is 78.9 cm³/mol. The molecular weight excluding hydrogens is 236 g/mol. The summed E-state index contributed by atoms with van der Waals surface area (Å²) in [4.78, 5) is 0. The second-order valence-electron chi connectivity index (χ2n) is 4.23. The summed E-state index contributed by atoms with van der Waals surface area (Å²) in [6.07, 6.45) is 8.77. The first-order valence-corrected chi connectivity index (χ1v) is 6.15. The Morgan fingerprint density at radius 1 is 0.737 bits per heavy atom. The average molecular weight is 252 g/mol. The van der Waals surface area contributed by atoms with Gasteiger partial charge in [-0.25, -0.2) is 0 Å². The lowest BCUT2D eigenvalue weighted by molar-refractivity contribution is 0.474. The summed E-state index contributed by atoms with van der Waals surface area (Å²) in [5.74, 6) is 0.551. The van der Waals surface area contributed by atoms with Crippen molar-refractivity contribution in [3.63, 3.8) is 0 Å². The third-order valence-corrected chi connectivity index (χ3v) is 2.63. The number of benzene rings is 2. The van der Waals surface area contributed by atoms with Crippen molar-refractivity contribution < 1.29 is 10.2 Å². The molecule has 2 nitrogen and oxygen atoms in total. The monoisotopic (exact) mass is 252 g/mol. The van der Waals surface area contributed by atoms with Crippen molar-refractivity contribution in [1.29, 1.82) is 0 Å². The molecule has 0 amide bonds. The van der Waals surface area contributed by atoms with Crippen LogP contribution >= 0.6 is 0 Å². The molecule has 0 bridgehead atoms. The molecule has 0 aliphatic rings. The zero-order valence-electron chi connectivity index (χ0n) is 10.5. The van der Waals surface area contributed by atoms with E-state index in [0.29, 0.717) is 0 Å². The molecule has 19 heavy (non-hydrogen) atoms. The molecule has 0 aromatic heterocycles. The Morgan fingerprint density at radius 3 is 1.63 bits per heavy atom. The number of rotatable bonds is 4. The third kappa shape index (κ3) is 4.36. The van der Waals surface area contributed by atoms with Crippen molar-refractivity contribution in [3.05, 3.63) is 71.8 Å².